The fraction of sp³-hybridized carbons (Fsp3) is 0.417. The molecule has 1 fully saturated rings. The molecular formula is C12H13ClO3S. The molecule has 1 aromatic rings. The number of carbonyl (C=O) groups is 1. The Morgan fingerprint density at radius 3 is 3.06 bits per heavy atom. The molecule has 0 amide bonds. The van der Waals surface area contributed by atoms with Gasteiger partial charge in [0.05, 0.1) is 17.2 Å². The van der Waals surface area contributed by atoms with Gasteiger partial charge in [-0.25, -0.2) is 4.79 Å². The second-order valence-electron chi connectivity index (χ2n) is 3.99. The average molecular weight is 273 g/mol. The van der Waals surface area contributed by atoms with Crippen LogP contribution >= 0.6 is 23.4 Å². The van der Waals surface area contributed by atoms with E-state index in [9.17, 15) is 4.79 Å². The lowest BCUT2D eigenvalue weighted by Gasteiger charge is -2.08. The Bertz CT molecular complexity index is 416. The number of ether oxygens (including phenoxy) is 1. The van der Waals surface area contributed by atoms with Crippen molar-refractivity contribution in [2.24, 2.45) is 5.92 Å². The molecule has 92 valence electrons. The van der Waals surface area contributed by atoms with Gasteiger partial charge in [0.15, 0.2) is 0 Å². The van der Waals surface area contributed by atoms with Gasteiger partial charge < -0.3 is 9.84 Å². The molecule has 1 unspecified atom stereocenters. The molecule has 1 atom stereocenters. The van der Waals surface area contributed by atoms with Gasteiger partial charge in [0.1, 0.15) is 0 Å². The van der Waals surface area contributed by atoms with Crippen LogP contribution in [0.2, 0.25) is 5.02 Å². The Hall–Kier alpha value is -0.710. The van der Waals surface area contributed by atoms with Gasteiger partial charge in [-0.15, -0.1) is 11.8 Å². The molecule has 0 spiro atoms. The third-order valence-electron chi connectivity index (χ3n) is 2.68. The molecule has 0 radical (unpaired) electrons. The molecule has 1 heterocycles. The van der Waals surface area contributed by atoms with Gasteiger partial charge in [-0.05, 0) is 30.5 Å². The van der Waals surface area contributed by atoms with E-state index < -0.39 is 5.97 Å². The zero-order valence-electron chi connectivity index (χ0n) is 9.19. The lowest BCUT2D eigenvalue weighted by molar-refractivity contribution is 0.0697. The first-order valence-corrected chi connectivity index (χ1v) is 6.76. The highest BCUT2D eigenvalue weighted by atomic mass is 35.5. The highest BCUT2D eigenvalue weighted by molar-refractivity contribution is 7.99. The van der Waals surface area contributed by atoms with Crippen LogP contribution in [0.3, 0.4) is 0 Å². The molecule has 5 heteroatoms. The summed E-state index contributed by atoms with van der Waals surface area (Å²) in [7, 11) is 0. The predicted octanol–water partition coefficient (Wildman–Crippen LogP) is 3.17. The average Bonchev–Trinajstić information content (AvgIpc) is 2.80. The van der Waals surface area contributed by atoms with E-state index in [1.807, 2.05) is 6.07 Å². The number of carboxylic acids is 1. The first-order chi connectivity index (χ1) is 8.16. The molecule has 1 N–H and O–H groups in total. The van der Waals surface area contributed by atoms with Crippen molar-refractivity contribution < 1.29 is 14.6 Å². The van der Waals surface area contributed by atoms with Gasteiger partial charge in [0.2, 0.25) is 0 Å². The Kier molecular flexibility index (Phi) is 4.31. The topological polar surface area (TPSA) is 46.5 Å². The number of hydrogen-bond donors (Lipinski definition) is 1. The number of thioether (sulfide) groups is 1. The van der Waals surface area contributed by atoms with Crippen molar-refractivity contribution >= 4 is 29.3 Å². The highest BCUT2D eigenvalue weighted by Gasteiger charge is 2.16. The van der Waals surface area contributed by atoms with Crippen molar-refractivity contribution in [2.75, 3.05) is 19.0 Å². The summed E-state index contributed by atoms with van der Waals surface area (Å²) in [6.45, 7) is 1.65. The maximum Gasteiger partial charge on any atom is 0.337 e. The summed E-state index contributed by atoms with van der Waals surface area (Å²) in [5, 5.41) is 9.24. The van der Waals surface area contributed by atoms with Gasteiger partial charge in [-0.2, -0.15) is 0 Å². The molecule has 1 saturated heterocycles. The highest BCUT2D eigenvalue weighted by Crippen LogP contribution is 2.28. The number of benzene rings is 1. The van der Waals surface area contributed by atoms with Gasteiger partial charge in [-0.3, -0.25) is 0 Å². The fourth-order valence-corrected chi connectivity index (χ4v) is 2.94. The summed E-state index contributed by atoms with van der Waals surface area (Å²) < 4.78 is 5.30. The Labute approximate surface area is 109 Å². The fourth-order valence-electron chi connectivity index (χ4n) is 1.69. The van der Waals surface area contributed by atoms with E-state index in [1.165, 1.54) is 0 Å². The van der Waals surface area contributed by atoms with Crippen LogP contribution in [0.4, 0.5) is 0 Å². The van der Waals surface area contributed by atoms with E-state index in [4.69, 9.17) is 21.4 Å². The quantitative estimate of drug-likeness (QED) is 0.855. The number of rotatable bonds is 4. The molecule has 0 aliphatic carbocycles. The monoisotopic (exact) mass is 272 g/mol. The Morgan fingerprint density at radius 1 is 1.59 bits per heavy atom. The van der Waals surface area contributed by atoms with Crippen molar-refractivity contribution in [3.63, 3.8) is 0 Å². The van der Waals surface area contributed by atoms with Crippen molar-refractivity contribution in [2.45, 2.75) is 11.3 Å². The van der Waals surface area contributed by atoms with E-state index in [0.29, 0.717) is 5.92 Å². The number of hydrogen-bond acceptors (Lipinski definition) is 3. The molecule has 1 aliphatic heterocycles. The maximum atomic E-state index is 10.9. The summed E-state index contributed by atoms with van der Waals surface area (Å²) >= 11 is 7.46. The first-order valence-electron chi connectivity index (χ1n) is 5.40. The van der Waals surface area contributed by atoms with Crippen LogP contribution in [0.25, 0.3) is 0 Å². The first kappa shape index (κ1) is 12.7. The zero-order valence-corrected chi connectivity index (χ0v) is 10.8. The molecule has 0 saturated carbocycles. The summed E-state index contributed by atoms with van der Waals surface area (Å²) in [5.41, 5.74) is 0.166. The minimum absolute atomic E-state index is 0.166. The van der Waals surface area contributed by atoms with E-state index in [2.05, 4.69) is 0 Å². The van der Waals surface area contributed by atoms with E-state index in [-0.39, 0.29) is 10.6 Å². The SMILES string of the molecule is O=C(O)c1cc(SCC2CCOC2)ccc1Cl. The lowest BCUT2D eigenvalue weighted by Crippen LogP contribution is -2.02. The van der Waals surface area contributed by atoms with Crippen molar-refractivity contribution in [1.82, 2.24) is 0 Å². The Balaban J connectivity index is 2.00. The second kappa shape index (κ2) is 5.76. The maximum absolute atomic E-state index is 10.9. The van der Waals surface area contributed by atoms with Gasteiger partial charge >= 0.3 is 5.97 Å². The van der Waals surface area contributed by atoms with Crippen LogP contribution in [-0.2, 0) is 4.74 Å². The largest absolute Gasteiger partial charge is 0.478 e. The minimum Gasteiger partial charge on any atom is -0.478 e. The van der Waals surface area contributed by atoms with Crippen molar-refractivity contribution in [3.8, 4) is 0 Å². The third kappa shape index (κ3) is 3.37. The van der Waals surface area contributed by atoms with Gasteiger partial charge in [0, 0.05) is 17.3 Å². The van der Waals surface area contributed by atoms with Crippen LogP contribution in [0.15, 0.2) is 23.1 Å². The molecular weight excluding hydrogens is 260 g/mol. The van der Waals surface area contributed by atoms with Gasteiger partial charge in [-0.1, -0.05) is 11.6 Å². The predicted molar refractivity (Wildman–Crippen MR) is 68.1 cm³/mol. The van der Waals surface area contributed by atoms with Crippen LogP contribution in [0.5, 0.6) is 0 Å². The van der Waals surface area contributed by atoms with Crippen molar-refractivity contribution in [3.05, 3.63) is 28.8 Å². The summed E-state index contributed by atoms with van der Waals surface area (Å²) in [6.07, 6.45) is 1.09. The van der Waals surface area contributed by atoms with Gasteiger partial charge in [0.25, 0.3) is 0 Å². The summed E-state index contributed by atoms with van der Waals surface area (Å²) in [6, 6.07) is 5.12. The summed E-state index contributed by atoms with van der Waals surface area (Å²) in [5.74, 6) is 0.548. The second-order valence-corrected chi connectivity index (χ2v) is 5.49. The van der Waals surface area contributed by atoms with Crippen LogP contribution in [-0.4, -0.2) is 30.0 Å². The van der Waals surface area contributed by atoms with E-state index in [1.54, 1.807) is 23.9 Å². The molecule has 0 aromatic heterocycles. The molecule has 1 aliphatic rings. The van der Waals surface area contributed by atoms with Crippen LogP contribution in [0, 0.1) is 5.92 Å². The third-order valence-corrected chi connectivity index (χ3v) is 4.23. The molecule has 2 rings (SSSR count). The molecule has 0 bridgehead atoms. The van der Waals surface area contributed by atoms with Crippen LogP contribution < -0.4 is 0 Å². The van der Waals surface area contributed by atoms with E-state index >= 15 is 0 Å². The standard InChI is InChI=1S/C12H13ClO3S/c13-11-2-1-9(5-10(11)12(14)15)17-7-8-3-4-16-6-8/h1-2,5,8H,3-4,6-7H2,(H,14,15). The molecule has 3 nitrogen and oxygen atoms in total. The number of carboxylic acid groups (broad SMARTS) is 1. The number of halogens is 1. The number of aromatic carboxylic acids is 1. The Morgan fingerprint density at radius 2 is 2.41 bits per heavy atom. The lowest BCUT2D eigenvalue weighted by atomic mass is 10.2. The summed E-state index contributed by atoms with van der Waals surface area (Å²) in [4.78, 5) is 11.9. The van der Waals surface area contributed by atoms with Crippen molar-refractivity contribution in [1.29, 1.82) is 0 Å². The van der Waals surface area contributed by atoms with Crippen LogP contribution in [0.1, 0.15) is 16.8 Å². The molecule has 1 aromatic carbocycles. The smallest absolute Gasteiger partial charge is 0.337 e. The zero-order chi connectivity index (χ0) is 12.3. The minimum atomic E-state index is -0.985. The van der Waals surface area contributed by atoms with E-state index in [0.717, 1.165) is 30.3 Å². The normalized spacial score (nSPS) is 19.5. The molecule has 17 heavy (non-hydrogen) atoms.